The first-order valence-corrected chi connectivity index (χ1v) is 8.53. The zero-order valence-electron chi connectivity index (χ0n) is 10.2. The summed E-state index contributed by atoms with van der Waals surface area (Å²) < 4.78 is 26.2. The molecule has 0 aliphatic heterocycles. The van der Waals surface area contributed by atoms with E-state index in [4.69, 9.17) is 0 Å². The molecule has 6 heteroatoms. The van der Waals surface area contributed by atoms with Crippen LogP contribution in [0.15, 0.2) is 0 Å². The molecule has 96 valence electrons. The highest BCUT2D eigenvalue weighted by atomic mass is 32.2. The number of thioether (sulfide) groups is 1. The van der Waals surface area contributed by atoms with Crippen molar-refractivity contribution in [2.75, 3.05) is 25.1 Å². The SMILES string of the molecule is CSC1(CNS(=O)(=O)CCNC(C)C)CC1. The van der Waals surface area contributed by atoms with Crippen LogP contribution in [0.25, 0.3) is 0 Å². The van der Waals surface area contributed by atoms with Crippen molar-refractivity contribution in [1.82, 2.24) is 10.0 Å². The van der Waals surface area contributed by atoms with Gasteiger partial charge in [-0.1, -0.05) is 13.8 Å². The van der Waals surface area contributed by atoms with E-state index in [1.54, 1.807) is 11.8 Å². The molecule has 1 aliphatic carbocycles. The minimum Gasteiger partial charge on any atom is -0.313 e. The van der Waals surface area contributed by atoms with Crippen LogP contribution in [0.1, 0.15) is 26.7 Å². The standard InChI is InChI=1S/C10H22N2O2S2/c1-9(2)11-6-7-16(13,14)12-8-10(15-3)4-5-10/h9,11-12H,4-8H2,1-3H3. The Hall–Kier alpha value is 0.220. The maximum absolute atomic E-state index is 11.6. The molecule has 0 radical (unpaired) electrons. The van der Waals surface area contributed by atoms with Gasteiger partial charge in [0.2, 0.25) is 10.0 Å². The van der Waals surface area contributed by atoms with Gasteiger partial charge in [0, 0.05) is 23.9 Å². The molecule has 0 aromatic carbocycles. The molecule has 1 fully saturated rings. The van der Waals surface area contributed by atoms with Crippen molar-refractivity contribution in [1.29, 1.82) is 0 Å². The lowest BCUT2D eigenvalue weighted by atomic mass is 10.4. The van der Waals surface area contributed by atoms with Crippen LogP contribution in [0.4, 0.5) is 0 Å². The molecule has 0 unspecified atom stereocenters. The lowest BCUT2D eigenvalue weighted by Crippen LogP contribution is -2.37. The van der Waals surface area contributed by atoms with Gasteiger partial charge in [-0.05, 0) is 19.1 Å². The second-order valence-corrected chi connectivity index (χ2v) is 7.84. The van der Waals surface area contributed by atoms with Gasteiger partial charge in [-0.25, -0.2) is 13.1 Å². The Bertz CT molecular complexity index is 311. The summed E-state index contributed by atoms with van der Waals surface area (Å²) in [6.45, 7) is 5.11. The molecule has 0 saturated heterocycles. The number of hydrogen-bond donors (Lipinski definition) is 2. The fourth-order valence-electron chi connectivity index (χ4n) is 1.39. The van der Waals surface area contributed by atoms with Crippen molar-refractivity contribution < 1.29 is 8.42 Å². The molecular formula is C10H22N2O2S2. The van der Waals surface area contributed by atoms with Crippen LogP contribution in [-0.4, -0.2) is 44.3 Å². The summed E-state index contributed by atoms with van der Waals surface area (Å²) in [5.41, 5.74) is 0. The highest BCUT2D eigenvalue weighted by molar-refractivity contribution is 8.00. The van der Waals surface area contributed by atoms with E-state index in [9.17, 15) is 8.42 Å². The largest absolute Gasteiger partial charge is 0.313 e. The third-order valence-electron chi connectivity index (χ3n) is 2.78. The second-order valence-electron chi connectivity index (χ2n) is 4.64. The third-order valence-corrected chi connectivity index (χ3v) is 5.52. The summed E-state index contributed by atoms with van der Waals surface area (Å²) >= 11 is 1.77. The van der Waals surface area contributed by atoms with Crippen LogP contribution in [0.2, 0.25) is 0 Å². The van der Waals surface area contributed by atoms with E-state index in [1.807, 2.05) is 20.1 Å². The van der Waals surface area contributed by atoms with Crippen LogP contribution in [-0.2, 0) is 10.0 Å². The number of sulfonamides is 1. The highest BCUT2D eigenvalue weighted by Crippen LogP contribution is 2.46. The van der Waals surface area contributed by atoms with Gasteiger partial charge in [0.1, 0.15) is 0 Å². The molecule has 0 amide bonds. The van der Waals surface area contributed by atoms with Crippen molar-refractivity contribution in [3.05, 3.63) is 0 Å². The molecule has 0 bridgehead atoms. The molecule has 1 saturated carbocycles. The predicted octanol–water partition coefficient (Wildman–Crippen LogP) is 0.799. The van der Waals surface area contributed by atoms with Crippen LogP contribution in [0.3, 0.4) is 0 Å². The van der Waals surface area contributed by atoms with Gasteiger partial charge in [-0.3, -0.25) is 0 Å². The molecule has 1 aliphatic rings. The van der Waals surface area contributed by atoms with Gasteiger partial charge >= 0.3 is 0 Å². The average molecular weight is 266 g/mol. The van der Waals surface area contributed by atoms with Crippen LogP contribution < -0.4 is 10.0 Å². The van der Waals surface area contributed by atoms with Crippen molar-refractivity contribution in [2.24, 2.45) is 0 Å². The summed E-state index contributed by atoms with van der Waals surface area (Å²) in [6, 6.07) is 0.330. The Kier molecular flexibility index (Phi) is 5.10. The zero-order chi connectivity index (χ0) is 12.2. The topological polar surface area (TPSA) is 58.2 Å². The molecule has 2 N–H and O–H groups in total. The van der Waals surface area contributed by atoms with Crippen molar-refractivity contribution >= 4 is 21.8 Å². The molecule has 0 atom stereocenters. The minimum atomic E-state index is -3.11. The molecule has 0 aromatic heterocycles. The summed E-state index contributed by atoms with van der Waals surface area (Å²) in [5, 5.41) is 3.10. The lowest BCUT2D eigenvalue weighted by Gasteiger charge is -2.14. The predicted molar refractivity (Wildman–Crippen MR) is 70.4 cm³/mol. The van der Waals surface area contributed by atoms with Crippen molar-refractivity contribution in [3.8, 4) is 0 Å². The molecular weight excluding hydrogens is 244 g/mol. The first-order chi connectivity index (χ1) is 7.39. The van der Waals surface area contributed by atoms with Gasteiger partial charge < -0.3 is 5.32 Å². The summed E-state index contributed by atoms with van der Waals surface area (Å²) in [5.74, 6) is 0.162. The summed E-state index contributed by atoms with van der Waals surface area (Å²) in [6.07, 6.45) is 4.30. The van der Waals surface area contributed by atoms with E-state index in [2.05, 4.69) is 10.0 Å². The zero-order valence-corrected chi connectivity index (χ0v) is 11.9. The Balaban J connectivity index is 2.24. The van der Waals surface area contributed by atoms with Crippen molar-refractivity contribution in [2.45, 2.75) is 37.5 Å². The molecule has 1 rings (SSSR count). The number of hydrogen-bond acceptors (Lipinski definition) is 4. The summed E-state index contributed by atoms with van der Waals surface area (Å²) in [4.78, 5) is 0. The lowest BCUT2D eigenvalue weighted by molar-refractivity contribution is 0.565. The maximum atomic E-state index is 11.6. The molecule has 16 heavy (non-hydrogen) atoms. The highest BCUT2D eigenvalue weighted by Gasteiger charge is 2.42. The van der Waals surface area contributed by atoms with E-state index in [0.717, 1.165) is 12.8 Å². The van der Waals surface area contributed by atoms with Gasteiger partial charge in [-0.2, -0.15) is 11.8 Å². The Morgan fingerprint density at radius 2 is 2.00 bits per heavy atom. The Morgan fingerprint density at radius 3 is 2.44 bits per heavy atom. The number of rotatable bonds is 8. The Labute approximate surface area is 103 Å². The molecule has 4 nitrogen and oxygen atoms in total. The monoisotopic (exact) mass is 266 g/mol. The van der Waals surface area contributed by atoms with E-state index in [-0.39, 0.29) is 10.5 Å². The maximum Gasteiger partial charge on any atom is 0.212 e. The fraction of sp³-hybridized carbons (Fsp3) is 1.00. The number of nitrogens with one attached hydrogen (secondary N) is 2. The first-order valence-electron chi connectivity index (χ1n) is 5.65. The van der Waals surface area contributed by atoms with Crippen LogP contribution >= 0.6 is 11.8 Å². The average Bonchev–Trinajstić information content (AvgIpc) is 2.95. The quantitative estimate of drug-likeness (QED) is 0.682. The second kappa shape index (κ2) is 5.71. The molecule has 0 spiro atoms. The van der Waals surface area contributed by atoms with E-state index >= 15 is 0 Å². The summed E-state index contributed by atoms with van der Waals surface area (Å²) in [7, 11) is -3.11. The first kappa shape index (κ1) is 14.3. The van der Waals surface area contributed by atoms with E-state index < -0.39 is 10.0 Å². The third kappa shape index (κ3) is 5.03. The normalized spacial score (nSPS) is 19.0. The van der Waals surface area contributed by atoms with Crippen LogP contribution in [0.5, 0.6) is 0 Å². The molecule has 0 aromatic rings. The van der Waals surface area contributed by atoms with Gasteiger partial charge in [-0.15, -0.1) is 0 Å². The van der Waals surface area contributed by atoms with Gasteiger partial charge in [0.05, 0.1) is 5.75 Å². The van der Waals surface area contributed by atoms with Crippen molar-refractivity contribution in [3.63, 3.8) is 0 Å². The van der Waals surface area contributed by atoms with Crippen LogP contribution in [0, 0.1) is 0 Å². The van der Waals surface area contributed by atoms with Gasteiger partial charge in [0.15, 0.2) is 0 Å². The minimum absolute atomic E-state index is 0.162. The van der Waals surface area contributed by atoms with E-state index in [0.29, 0.717) is 19.1 Å². The Morgan fingerprint density at radius 1 is 1.38 bits per heavy atom. The van der Waals surface area contributed by atoms with E-state index in [1.165, 1.54) is 0 Å². The smallest absolute Gasteiger partial charge is 0.212 e. The fourth-order valence-corrected chi connectivity index (χ4v) is 3.23. The molecule has 0 heterocycles. The van der Waals surface area contributed by atoms with Gasteiger partial charge in [0.25, 0.3) is 0 Å².